The van der Waals surface area contributed by atoms with Crippen molar-refractivity contribution in [3.63, 3.8) is 0 Å². The molecule has 4 aromatic carbocycles. The lowest BCUT2D eigenvalue weighted by Gasteiger charge is -2.11. The second-order valence-corrected chi connectivity index (χ2v) is 10.6. The van der Waals surface area contributed by atoms with Crippen LogP contribution in [0, 0.1) is 0 Å². The Labute approximate surface area is 277 Å². The number of amides is 4. The molecule has 3 N–H and O–H groups in total. The van der Waals surface area contributed by atoms with E-state index in [1.165, 1.54) is 16.7 Å². The van der Waals surface area contributed by atoms with Crippen LogP contribution < -0.4 is 20.1 Å². The van der Waals surface area contributed by atoms with Crippen molar-refractivity contribution in [2.24, 2.45) is 0 Å². The summed E-state index contributed by atoms with van der Waals surface area (Å²) in [4.78, 5) is 40.2. The van der Waals surface area contributed by atoms with Crippen LogP contribution in [0.2, 0.25) is 5.02 Å². The number of anilines is 2. The number of hydrogen-bond donors (Lipinski definition) is 3. The molecule has 0 fully saturated rings. The second-order valence-electron chi connectivity index (χ2n) is 10.1. The summed E-state index contributed by atoms with van der Waals surface area (Å²) in [6.45, 7) is 1.45. The molecule has 0 saturated heterocycles. The fourth-order valence-electron chi connectivity index (χ4n) is 3.38. The van der Waals surface area contributed by atoms with Gasteiger partial charge in [0.05, 0.1) is 0 Å². The third kappa shape index (κ3) is 12.3. The molecule has 5 rings (SSSR count). The number of oxazole rings is 1. The highest BCUT2D eigenvalue weighted by Crippen LogP contribution is 2.28. The Bertz CT molecular complexity index is 1670. The van der Waals surface area contributed by atoms with E-state index >= 15 is 0 Å². The first-order valence-corrected chi connectivity index (χ1v) is 14.6. The number of aromatic nitrogens is 1. The van der Waals surface area contributed by atoms with Crippen LogP contribution in [0.15, 0.2) is 108 Å². The van der Waals surface area contributed by atoms with Gasteiger partial charge in [0.2, 0.25) is 0 Å². The largest absolute Gasteiger partial charge is 0.479 e. The number of nitrogens with zero attached hydrogens (tertiary/aromatic N) is 3. The van der Waals surface area contributed by atoms with E-state index in [1.54, 1.807) is 70.7 Å². The smallest absolute Gasteiger partial charge is 0.400 e. The van der Waals surface area contributed by atoms with Gasteiger partial charge in [0.15, 0.2) is 11.7 Å². The Hall–Kier alpha value is -5.75. The number of urea groups is 2. The normalized spacial score (nSPS) is 10.6. The number of nitrogens with one attached hydrogen (secondary N) is 2. The summed E-state index contributed by atoms with van der Waals surface area (Å²) in [6.07, 6.45) is -0.835. The topological polar surface area (TPSA) is 146 Å². The fourth-order valence-corrected chi connectivity index (χ4v) is 3.54. The minimum atomic E-state index is -1.03. The summed E-state index contributed by atoms with van der Waals surface area (Å²) < 4.78 is 16.2. The van der Waals surface area contributed by atoms with Crippen LogP contribution in [0.4, 0.5) is 21.0 Å². The Morgan fingerprint density at radius 3 is 1.72 bits per heavy atom. The molecule has 1 unspecified atom stereocenters. The minimum absolute atomic E-state index is 0.0924. The lowest BCUT2D eigenvalue weighted by molar-refractivity contribution is -0.144. The number of benzene rings is 4. The van der Waals surface area contributed by atoms with E-state index in [9.17, 15) is 14.4 Å². The third-order valence-corrected chi connectivity index (χ3v) is 6.12. The molecule has 4 amide bonds. The molecule has 12 nitrogen and oxygen atoms in total. The molecular formula is C34H36ClN5O7. The summed E-state index contributed by atoms with van der Waals surface area (Å²) in [5.41, 5.74) is 2.80. The van der Waals surface area contributed by atoms with Gasteiger partial charge in [-0.2, -0.15) is 4.98 Å². The Morgan fingerprint density at radius 1 is 0.766 bits per heavy atom. The summed E-state index contributed by atoms with van der Waals surface area (Å²) >= 11 is 5.88. The van der Waals surface area contributed by atoms with Gasteiger partial charge >= 0.3 is 24.1 Å². The summed E-state index contributed by atoms with van der Waals surface area (Å²) in [6, 6.07) is 30.1. The van der Waals surface area contributed by atoms with Crippen molar-refractivity contribution in [2.75, 3.05) is 38.8 Å². The number of ether oxygens (including phenoxy) is 2. The van der Waals surface area contributed by atoms with Crippen molar-refractivity contribution >= 4 is 52.1 Å². The van der Waals surface area contributed by atoms with Crippen molar-refractivity contribution < 1.29 is 33.4 Å². The van der Waals surface area contributed by atoms with Crippen molar-refractivity contribution in [1.29, 1.82) is 0 Å². The van der Waals surface area contributed by atoms with Gasteiger partial charge < -0.3 is 39.4 Å². The highest BCUT2D eigenvalue weighted by Gasteiger charge is 2.13. The first kappa shape index (κ1) is 35.7. The van der Waals surface area contributed by atoms with Crippen molar-refractivity contribution in [2.45, 2.75) is 13.0 Å². The number of carboxylic acid groups (broad SMARTS) is 1. The van der Waals surface area contributed by atoms with Crippen LogP contribution in [0.25, 0.3) is 11.1 Å². The van der Waals surface area contributed by atoms with Crippen LogP contribution in [0.5, 0.6) is 17.6 Å². The zero-order valence-electron chi connectivity index (χ0n) is 26.5. The predicted molar refractivity (Wildman–Crippen MR) is 182 cm³/mol. The average Bonchev–Trinajstić information content (AvgIpc) is 3.44. The van der Waals surface area contributed by atoms with Crippen LogP contribution in [-0.2, 0) is 4.79 Å². The van der Waals surface area contributed by atoms with Gasteiger partial charge in [0, 0.05) is 50.7 Å². The quantitative estimate of drug-likeness (QED) is 0.161. The second kappa shape index (κ2) is 17.7. The van der Waals surface area contributed by atoms with Gasteiger partial charge in [0.25, 0.3) is 0 Å². The average molecular weight is 662 g/mol. The zero-order valence-corrected chi connectivity index (χ0v) is 27.3. The number of carbonyl (C=O) groups excluding carboxylic acids is 2. The van der Waals surface area contributed by atoms with E-state index in [1.807, 2.05) is 60.7 Å². The number of hydrogen-bond acceptors (Lipinski definition) is 7. The van der Waals surface area contributed by atoms with Crippen LogP contribution in [0.3, 0.4) is 0 Å². The van der Waals surface area contributed by atoms with Gasteiger partial charge in [-0.25, -0.2) is 14.4 Å². The molecular weight excluding hydrogens is 626 g/mol. The number of rotatable bonds is 7. The van der Waals surface area contributed by atoms with E-state index in [0.29, 0.717) is 27.6 Å². The maximum absolute atomic E-state index is 11.1. The molecule has 47 heavy (non-hydrogen) atoms. The Kier molecular flexibility index (Phi) is 13.4. The molecule has 0 saturated carbocycles. The third-order valence-electron chi connectivity index (χ3n) is 5.88. The lowest BCUT2D eigenvalue weighted by atomic mass is 10.3. The summed E-state index contributed by atoms with van der Waals surface area (Å²) in [5.74, 6) is -0.120. The first-order valence-electron chi connectivity index (χ1n) is 14.2. The highest BCUT2D eigenvalue weighted by atomic mass is 35.5. The highest BCUT2D eigenvalue weighted by molar-refractivity contribution is 6.31. The van der Waals surface area contributed by atoms with E-state index in [-0.39, 0.29) is 18.1 Å². The standard InChI is InChI=1S/C16H12ClNO5.2C9H12N2O/c1-9(15(19)20)21-11-3-5-12(6-4-11)22-16-18-13-7-2-10(17)8-14(13)23-16;2*1-11(2)9(12)10-8-6-4-3-5-7-8/h2-9H,1H3,(H,19,20);2*3-7H,1-2H3,(H,10,12). The molecule has 0 aliphatic rings. The molecule has 13 heteroatoms. The van der Waals surface area contributed by atoms with E-state index in [2.05, 4.69) is 15.6 Å². The monoisotopic (exact) mass is 661 g/mol. The maximum Gasteiger partial charge on any atom is 0.400 e. The lowest BCUT2D eigenvalue weighted by Crippen LogP contribution is -2.27. The summed E-state index contributed by atoms with van der Waals surface area (Å²) in [7, 11) is 6.83. The predicted octanol–water partition coefficient (Wildman–Crippen LogP) is 7.69. The van der Waals surface area contributed by atoms with E-state index in [4.69, 9.17) is 30.6 Å². The number of aliphatic carboxylic acids is 1. The number of carbonyl (C=O) groups is 3. The molecule has 1 aromatic heterocycles. The van der Waals surface area contributed by atoms with E-state index < -0.39 is 12.1 Å². The van der Waals surface area contributed by atoms with Gasteiger partial charge in [0.1, 0.15) is 17.0 Å². The number of carboxylic acids is 1. The molecule has 1 heterocycles. The molecule has 5 aromatic rings. The number of halogens is 1. The molecule has 246 valence electrons. The first-order chi connectivity index (χ1) is 22.4. The molecule has 1 atom stereocenters. The molecule has 0 aliphatic carbocycles. The zero-order chi connectivity index (χ0) is 34.3. The molecule has 0 spiro atoms. The van der Waals surface area contributed by atoms with Gasteiger partial charge in [-0.15, -0.1) is 0 Å². The molecule has 0 radical (unpaired) electrons. The van der Waals surface area contributed by atoms with Crippen LogP contribution in [0.1, 0.15) is 6.92 Å². The van der Waals surface area contributed by atoms with Gasteiger partial charge in [-0.05, 0) is 67.6 Å². The molecule has 0 bridgehead atoms. The van der Waals surface area contributed by atoms with E-state index in [0.717, 1.165) is 11.4 Å². The van der Waals surface area contributed by atoms with Crippen LogP contribution >= 0.6 is 11.6 Å². The number of para-hydroxylation sites is 2. The van der Waals surface area contributed by atoms with Crippen LogP contribution in [-0.4, -0.2) is 72.2 Å². The Balaban J connectivity index is 0.000000212. The van der Waals surface area contributed by atoms with Gasteiger partial charge in [-0.3, -0.25) is 0 Å². The molecule has 0 aliphatic heterocycles. The fraction of sp³-hybridized carbons (Fsp3) is 0.176. The van der Waals surface area contributed by atoms with Gasteiger partial charge in [-0.1, -0.05) is 48.0 Å². The summed E-state index contributed by atoms with van der Waals surface area (Å²) in [5, 5.41) is 14.8. The number of fused-ring (bicyclic) bond motifs is 1. The van der Waals surface area contributed by atoms with Crippen molar-refractivity contribution in [3.05, 3.63) is 108 Å². The van der Waals surface area contributed by atoms with Crippen molar-refractivity contribution in [3.8, 4) is 17.6 Å². The maximum atomic E-state index is 11.1. The minimum Gasteiger partial charge on any atom is -0.479 e. The Morgan fingerprint density at radius 2 is 1.26 bits per heavy atom. The SMILES string of the molecule is CC(Oc1ccc(Oc2nc3ccc(Cl)cc3o2)cc1)C(=O)O.CN(C)C(=O)Nc1ccccc1.CN(C)C(=O)Nc1ccccc1. The van der Waals surface area contributed by atoms with Crippen molar-refractivity contribution in [1.82, 2.24) is 14.8 Å².